The Hall–Kier alpha value is -3.16. The third kappa shape index (κ3) is 4.01. The summed E-state index contributed by atoms with van der Waals surface area (Å²) in [5.41, 5.74) is 0.415. The molecule has 1 aromatic carbocycles. The van der Waals surface area contributed by atoms with Gasteiger partial charge in [-0.1, -0.05) is 18.2 Å². The van der Waals surface area contributed by atoms with Gasteiger partial charge in [-0.15, -0.1) is 0 Å². The highest BCUT2D eigenvalue weighted by Gasteiger charge is 2.44. The summed E-state index contributed by atoms with van der Waals surface area (Å²) in [5, 5.41) is 0. The maximum absolute atomic E-state index is 13.5. The van der Waals surface area contributed by atoms with E-state index in [9.17, 15) is 9.59 Å². The van der Waals surface area contributed by atoms with Gasteiger partial charge in [-0.3, -0.25) is 9.59 Å². The molecule has 2 aliphatic rings. The first kappa shape index (κ1) is 22.0. The van der Waals surface area contributed by atoms with Crippen LogP contribution in [0.25, 0.3) is 0 Å². The number of para-hydroxylation sites is 1. The number of rotatable bonds is 4. The fourth-order valence-electron chi connectivity index (χ4n) is 4.74. The van der Waals surface area contributed by atoms with Gasteiger partial charge in [0.2, 0.25) is 17.4 Å². The third-order valence-electron chi connectivity index (χ3n) is 6.67. The number of furan rings is 1. The molecular weight excluding hydrogens is 412 g/mol. The maximum atomic E-state index is 13.5. The van der Waals surface area contributed by atoms with Crippen molar-refractivity contribution in [2.24, 2.45) is 0 Å². The van der Waals surface area contributed by atoms with Crippen molar-refractivity contribution in [3.63, 3.8) is 0 Å². The molecule has 1 saturated carbocycles. The lowest BCUT2D eigenvalue weighted by molar-refractivity contribution is -0.131. The van der Waals surface area contributed by atoms with E-state index in [1.165, 1.54) is 20.5 Å². The Balaban J connectivity index is 1.64. The van der Waals surface area contributed by atoms with E-state index in [0.717, 1.165) is 37.0 Å². The van der Waals surface area contributed by atoms with E-state index < -0.39 is 5.60 Å². The van der Waals surface area contributed by atoms with Gasteiger partial charge < -0.3 is 28.4 Å². The minimum atomic E-state index is -0.527. The fraction of sp³-hybridized carbons (Fsp3) is 0.500. The monoisotopic (exact) mass is 442 g/mol. The molecule has 0 atom stereocenters. The van der Waals surface area contributed by atoms with Crippen LogP contribution in [0.15, 0.2) is 34.9 Å². The van der Waals surface area contributed by atoms with Crippen molar-refractivity contribution in [2.75, 3.05) is 27.8 Å². The van der Waals surface area contributed by atoms with Gasteiger partial charge >= 0.3 is 0 Å². The third-order valence-corrected chi connectivity index (χ3v) is 6.67. The molecule has 8 nitrogen and oxygen atoms in total. The molecule has 2 aromatic rings. The molecule has 0 unspecified atom stereocenters. The molecule has 172 valence electrons. The van der Waals surface area contributed by atoms with Crippen LogP contribution < -0.4 is 14.2 Å². The van der Waals surface area contributed by atoms with Gasteiger partial charge in [0.25, 0.3) is 5.91 Å². The lowest BCUT2D eigenvalue weighted by atomic mass is 9.81. The van der Waals surface area contributed by atoms with Gasteiger partial charge in [-0.05, 0) is 31.7 Å². The summed E-state index contributed by atoms with van der Waals surface area (Å²) in [7, 11) is 4.84. The molecule has 0 N–H and O–H groups in total. The highest BCUT2D eigenvalue weighted by molar-refractivity contribution is 5.95. The zero-order valence-electron chi connectivity index (χ0n) is 19.1. The van der Waals surface area contributed by atoms with Gasteiger partial charge in [-0.2, -0.15) is 0 Å². The lowest BCUT2D eigenvalue weighted by Crippen LogP contribution is -2.52. The fourth-order valence-corrected chi connectivity index (χ4v) is 4.74. The van der Waals surface area contributed by atoms with E-state index in [1.807, 2.05) is 31.3 Å². The number of hydrogen-bond acceptors (Lipinski definition) is 6. The summed E-state index contributed by atoms with van der Waals surface area (Å²) in [4.78, 5) is 28.9. The Bertz CT molecular complexity index is 992. The number of nitrogens with zero attached hydrogens (tertiary/aromatic N) is 2. The SMILES string of the molecule is COc1coc(C(=O)N2Cc3ccccc3OC3(CCC(N(C)C(C)=O)CC3)C2)c1OC. The molecule has 2 amide bonds. The van der Waals surface area contributed by atoms with Crippen LogP contribution >= 0.6 is 0 Å². The van der Waals surface area contributed by atoms with Crippen molar-refractivity contribution in [1.29, 1.82) is 0 Å². The molecule has 32 heavy (non-hydrogen) atoms. The number of amides is 2. The second-order valence-corrected chi connectivity index (χ2v) is 8.58. The Labute approximate surface area is 188 Å². The molecule has 2 heterocycles. The normalized spacial score (nSPS) is 22.5. The predicted molar refractivity (Wildman–Crippen MR) is 117 cm³/mol. The number of hydrogen-bond donors (Lipinski definition) is 0. The van der Waals surface area contributed by atoms with Gasteiger partial charge in [-0.25, -0.2) is 0 Å². The number of ether oxygens (including phenoxy) is 3. The summed E-state index contributed by atoms with van der Waals surface area (Å²) >= 11 is 0. The smallest absolute Gasteiger partial charge is 0.294 e. The van der Waals surface area contributed by atoms with E-state index in [0.29, 0.717) is 18.8 Å². The topological polar surface area (TPSA) is 81.5 Å². The van der Waals surface area contributed by atoms with E-state index in [1.54, 1.807) is 16.7 Å². The van der Waals surface area contributed by atoms with Crippen LogP contribution in [0.3, 0.4) is 0 Å². The Morgan fingerprint density at radius 3 is 2.53 bits per heavy atom. The van der Waals surface area contributed by atoms with Gasteiger partial charge in [0, 0.05) is 32.1 Å². The maximum Gasteiger partial charge on any atom is 0.294 e. The van der Waals surface area contributed by atoms with Crippen molar-refractivity contribution >= 4 is 11.8 Å². The lowest BCUT2D eigenvalue weighted by Gasteiger charge is -2.43. The van der Waals surface area contributed by atoms with E-state index in [4.69, 9.17) is 18.6 Å². The van der Waals surface area contributed by atoms with Crippen LogP contribution in [-0.2, 0) is 11.3 Å². The van der Waals surface area contributed by atoms with E-state index in [2.05, 4.69) is 0 Å². The van der Waals surface area contributed by atoms with Crippen molar-refractivity contribution in [3.8, 4) is 17.2 Å². The first-order valence-corrected chi connectivity index (χ1v) is 10.9. The number of carbonyl (C=O) groups excluding carboxylic acids is 2. The van der Waals surface area contributed by atoms with Crippen molar-refractivity contribution in [1.82, 2.24) is 9.80 Å². The summed E-state index contributed by atoms with van der Waals surface area (Å²) in [5.74, 6) is 1.37. The minimum Gasteiger partial charge on any atom is -0.490 e. The first-order valence-electron chi connectivity index (χ1n) is 10.9. The molecule has 8 heteroatoms. The van der Waals surface area contributed by atoms with Crippen LogP contribution in [0.2, 0.25) is 0 Å². The molecule has 1 aliphatic heterocycles. The van der Waals surface area contributed by atoms with E-state index in [-0.39, 0.29) is 29.4 Å². The van der Waals surface area contributed by atoms with Crippen molar-refractivity contribution in [2.45, 2.75) is 50.8 Å². The molecule has 0 bridgehead atoms. The second kappa shape index (κ2) is 8.76. The van der Waals surface area contributed by atoms with Crippen LogP contribution in [0.1, 0.15) is 48.7 Å². The Kier molecular flexibility index (Phi) is 6.04. The average molecular weight is 443 g/mol. The largest absolute Gasteiger partial charge is 0.490 e. The van der Waals surface area contributed by atoms with Crippen LogP contribution in [0, 0.1) is 0 Å². The van der Waals surface area contributed by atoms with Crippen molar-refractivity contribution < 1.29 is 28.2 Å². The molecule has 0 radical (unpaired) electrons. The standard InChI is InChI=1S/C24H30N2O6/c1-16(27)25(2)18-9-11-24(12-10-18)15-26(13-17-7-5-6-8-19(17)32-24)23(28)22-21(30-4)20(29-3)14-31-22/h5-8,14,18H,9-13,15H2,1-4H3. The molecule has 0 saturated heterocycles. The van der Waals surface area contributed by atoms with E-state index >= 15 is 0 Å². The summed E-state index contributed by atoms with van der Waals surface area (Å²) < 4.78 is 22.8. The Morgan fingerprint density at radius 1 is 1.16 bits per heavy atom. The summed E-state index contributed by atoms with van der Waals surface area (Å²) in [6, 6.07) is 8.00. The zero-order valence-corrected chi connectivity index (χ0v) is 19.1. The molecule has 1 aromatic heterocycles. The van der Waals surface area contributed by atoms with Gasteiger partial charge in [0.15, 0.2) is 5.75 Å². The molecule has 4 rings (SSSR count). The van der Waals surface area contributed by atoms with Gasteiger partial charge in [0.1, 0.15) is 17.6 Å². The molecule has 1 fully saturated rings. The molecular formula is C24H30N2O6. The van der Waals surface area contributed by atoms with Crippen LogP contribution in [0.4, 0.5) is 0 Å². The number of methoxy groups -OCH3 is 2. The molecule has 1 spiro atoms. The summed E-state index contributed by atoms with van der Waals surface area (Å²) in [6.45, 7) is 2.41. The first-order chi connectivity index (χ1) is 15.4. The average Bonchev–Trinajstić information content (AvgIpc) is 3.15. The number of carbonyl (C=O) groups is 2. The second-order valence-electron chi connectivity index (χ2n) is 8.58. The molecule has 1 aliphatic carbocycles. The van der Waals surface area contributed by atoms with Crippen molar-refractivity contribution in [3.05, 3.63) is 41.9 Å². The Morgan fingerprint density at radius 2 is 1.88 bits per heavy atom. The minimum absolute atomic E-state index is 0.0637. The predicted octanol–water partition coefficient (Wildman–Crippen LogP) is 3.49. The van der Waals surface area contributed by atoms with Crippen LogP contribution in [-0.4, -0.2) is 61.1 Å². The van der Waals surface area contributed by atoms with Crippen LogP contribution in [0.5, 0.6) is 17.2 Å². The highest BCUT2D eigenvalue weighted by Crippen LogP contribution is 2.41. The highest BCUT2D eigenvalue weighted by atomic mass is 16.5. The summed E-state index contributed by atoms with van der Waals surface area (Å²) in [6.07, 6.45) is 4.50. The number of fused-ring (bicyclic) bond motifs is 1. The quantitative estimate of drug-likeness (QED) is 0.721. The number of benzene rings is 1. The van der Waals surface area contributed by atoms with Gasteiger partial charge in [0.05, 0.1) is 20.8 Å². The zero-order chi connectivity index (χ0) is 22.9.